The Morgan fingerprint density at radius 1 is 1.35 bits per heavy atom. The molecule has 1 atom stereocenters. The summed E-state index contributed by atoms with van der Waals surface area (Å²) >= 11 is 0. The molecular weight excluding hydrogens is 252 g/mol. The molecule has 20 heavy (non-hydrogen) atoms. The Bertz CT molecular complexity index is 458. The number of amides is 1. The first-order valence-electron chi connectivity index (χ1n) is 7.78. The molecule has 1 N–H and O–H groups in total. The Balaban J connectivity index is 1.75. The molecule has 0 bridgehead atoms. The fourth-order valence-corrected chi connectivity index (χ4v) is 3.39. The first-order valence-corrected chi connectivity index (χ1v) is 7.78. The van der Waals surface area contributed by atoms with Crippen LogP contribution in [0.3, 0.4) is 0 Å². The topological polar surface area (TPSA) is 50.2 Å². The number of carbonyl (C=O) groups excluding carboxylic acids is 1. The van der Waals surface area contributed by atoms with Crippen molar-refractivity contribution in [3.8, 4) is 0 Å². The minimum absolute atomic E-state index is 0.125. The van der Waals surface area contributed by atoms with Gasteiger partial charge in [0.15, 0.2) is 0 Å². The third-order valence-corrected chi connectivity index (χ3v) is 4.65. The lowest BCUT2D eigenvalue weighted by atomic mass is 9.94. The number of aromatic nitrogens is 2. The van der Waals surface area contributed by atoms with Gasteiger partial charge in [-0.3, -0.25) is 4.79 Å². The first-order chi connectivity index (χ1) is 9.77. The van der Waals surface area contributed by atoms with Crippen LogP contribution in [0.1, 0.15) is 50.3 Å². The number of hydrogen-bond donors (Lipinski definition) is 1. The van der Waals surface area contributed by atoms with Gasteiger partial charge in [0.05, 0.1) is 6.33 Å². The highest BCUT2D eigenvalue weighted by Crippen LogP contribution is 2.27. The van der Waals surface area contributed by atoms with Crippen molar-refractivity contribution in [1.29, 1.82) is 0 Å². The number of imidazole rings is 1. The second-order valence-electron chi connectivity index (χ2n) is 5.96. The molecule has 3 heterocycles. The SMILES string of the molecule is CC(C(=O)N1CCCC1)n1cncc1C1CCNCC1. The molecule has 110 valence electrons. The molecule has 2 aliphatic heterocycles. The van der Waals surface area contributed by atoms with E-state index in [4.69, 9.17) is 0 Å². The summed E-state index contributed by atoms with van der Waals surface area (Å²) in [4.78, 5) is 18.8. The first kappa shape index (κ1) is 13.6. The van der Waals surface area contributed by atoms with Gasteiger partial charge in [0.25, 0.3) is 0 Å². The monoisotopic (exact) mass is 276 g/mol. The van der Waals surface area contributed by atoms with E-state index in [9.17, 15) is 4.79 Å². The van der Waals surface area contributed by atoms with E-state index in [1.165, 1.54) is 5.69 Å². The van der Waals surface area contributed by atoms with Gasteiger partial charge in [-0.2, -0.15) is 0 Å². The third-order valence-electron chi connectivity index (χ3n) is 4.65. The van der Waals surface area contributed by atoms with E-state index in [0.717, 1.165) is 51.9 Å². The maximum atomic E-state index is 12.5. The summed E-state index contributed by atoms with van der Waals surface area (Å²) in [5.74, 6) is 0.781. The van der Waals surface area contributed by atoms with Gasteiger partial charge in [-0.25, -0.2) is 4.98 Å². The van der Waals surface area contributed by atoms with E-state index in [1.54, 1.807) is 0 Å². The van der Waals surface area contributed by atoms with E-state index in [-0.39, 0.29) is 11.9 Å². The van der Waals surface area contributed by atoms with Gasteiger partial charge in [0.2, 0.25) is 5.91 Å². The molecule has 2 fully saturated rings. The van der Waals surface area contributed by atoms with Crippen molar-refractivity contribution in [2.75, 3.05) is 26.2 Å². The highest BCUT2D eigenvalue weighted by Gasteiger charge is 2.27. The standard InChI is InChI=1S/C15H24N4O/c1-12(15(20)18-8-2-3-9-18)19-11-17-10-14(19)13-4-6-16-7-5-13/h10-13,16H,2-9H2,1H3. The number of hydrogen-bond acceptors (Lipinski definition) is 3. The van der Waals surface area contributed by atoms with Crippen LogP contribution >= 0.6 is 0 Å². The Morgan fingerprint density at radius 3 is 2.75 bits per heavy atom. The lowest BCUT2D eigenvalue weighted by molar-refractivity contribution is -0.133. The van der Waals surface area contributed by atoms with Crippen LogP contribution in [-0.2, 0) is 4.79 Å². The van der Waals surface area contributed by atoms with Crippen molar-refractivity contribution in [3.63, 3.8) is 0 Å². The Hall–Kier alpha value is -1.36. The summed E-state index contributed by atoms with van der Waals surface area (Å²) in [5.41, 5.74) is 1.23. The number of likely N-dealkylation sites (tertiary alicyclic amines) is 1. The quantitative estimate of drug-likeness (QED) is 0.911. The van der Waals surface area contributed by atoms with Gasteiger partial charge >= 0.3 is 0 Å². The summed E-state index contributed by atoms with van der Waals surface area (Å²) in [6.45, 7) is 5.96. The lowest BCUT2D eigenvalue weighted by Crippen LogP contribution is -2.35. The molecule has 2 aliphatic rings. The Kier molecular flexibility index (Phi) is 4.05. The zero-order chi connectivity index (χ0) is 13.9. The number of carbonyl (C=O) groups is 1. The molecule has 1 amide bonds. The van der Waals surface area contributed by atoms with Crippen LogP contribution in [0.5, 0.6) is 0 Å². The van der Waals surface area contributed by atoms with Gasteiger partial charge in [0.1, 0.15) is 6.04 Å². The molecule has 0 aliphatic carbocycles. The number of piperidine rings is 1. The highest BCUT2D eigenvalue weighted by atomic mass is 16.2. The minimum Gasteiger partial charge on any atom is -0.341 e. The van der Waals surface area contributed by atoms with E-state index in [2.05, 4.69) is 14.9 Å². The number of rotatable bonds is 3. The van der Waals surface area contributed by atoms with Gasteiger partial charge in [-0.1, -0.05) is 0 Å². The molecular formula is C15H24N4O. The van der Waals surface area contributed by atoms with Crippen LogP contribution in [-0.4, -0.2) is 46.5 Å². The van der Waals surface area contributed by atoms with Crippen molar-refractivity contribution in [2.24, 2.45) is 0 Å². The molecule has 0 saturated carbocycles. The average Bonchev–Trinajstić information content (AvgIpc) is 3.17. The average molecular weight is 276 g/mol. The van der Waals surface area contributed by atoms with Gasteiger partial charge in [0, 0.05) is 30.9 Å². The van der Waals surface area contributed by atoms with Gasteiger partial charge < -0.3 is 14.8 Å². The van der Waals surface area contributed by atoms with Crippen LogP contribution < -0.4 is 5.32 Å². The predicted molar refractivity (Wildman–Crippen MR) is 77.6 cm³/mol. The lowest BCUT2D eigenvalue weighted by Gasteiger charge is -2.27. The number of nitrogens with zero attached hydrogens (tertiary/aromatic N) is 3. The molecule has 1 aromatic rings. The number of nitrogens with one attached hydrogen (secondary N) is 1. The van der Waals surface area contributed by atoms with Crippen molar-refractivity contribution < 1.29 is 4.79 Å². The largest absolute Gasteiger partial charge is 0.341 e. The van der Waals surface area contributed by atoms with E-state index in [0.29, 0.717) is 5.92 Å². The molecule has 1 aromatic heterocycles. The zero-order valence-electron chi connectivity index (χ0n) is 12.2. The summed E-state index contributed by atoms with van der Waals surface area (Å²) in [6.07, 6.45) is 8.33. The normalized spacial score (nSPS) is 22.1. The minimum atomic E-state index is -0.125. The smallest absolute Gasteiger partial charge is 0.245 e. The molecule has 0 spiro atoms. The Labute approximate surface area is 120 Å². The van der Waals surface area contributed by atoms with Crippen LogP contribution in [0.15, 0.2) is 12.5 Å². The Morgan fingerprint density at radius 2 is 2.05 bits per heavy atom. The third kappa shape index (κ3) is 2.59. The van der Waals surface area contributed by atoms with E-state index in [1.807, 2.05) is 24.3 Å². The maximum absolute atomic E-state index is 12.5. The molecule has 2 saturated heterocycles. The second kappa shape index (κ2) is 5.95. The molecule has 1 unspecified atom stereocenters. The van der Waals surface area contributed by atoms with Crippen molar-refractivity contribution in [1.82, 2.24) is 19.8 Å². The van der Waals surface area contributed by atoms with Crippen LogP contribution in [0.2, 0.25) is 0 Å². The summed E-state index contributed by atoms with van der Waals surface area (Å²) < 4.78 is 2.09. The van der Waals surface area contributed by atoms with Crippen LogP contribution in [0, 0.1) is 0 Å². The fourth-order valence-electron chi connectivity index (χ4n) is 3.39. The summed E-state index contributed by atoms with van der Waals surface area (Å²) in [5, 5.41) is 3.39. The summed E-state index contributed by atoms with van der Waals surface area (Å²) in [7, 11) is 0. The van der Waals surface area contributed by atoms with Crippen molar-refractivity contribution >= 4 is 5.91 Å². The second-order valence-corrected chi connectivity index (χ2v) is 5.96. The van der Waals surface area contributed by atoms with E-state index >= 15 is 0 Å². The van der Waals surface area contributed by atoms with Crippen molar-refractivity contribution in [2.45, 2.75) is 44.6 Å². The maximum Gasteiger partial charge on any atom is 0.245 e. The predicted octanol–water partition coefficient (Wildman–Crippen LogP) is 1.53. The van der Waals surface area contributed by atoms with Crippen LogP contribution in [0.4, 0.5) is 0 Å². The summed E-state index contributed by atoms with van der Waals surface area (Å²) in [6, 6.07) is -0.125. The molecule has 5 heteroatoms. The zero-order valence-corrected chi connectivity index (χ0v) is 12.2. The highest BCUT2D eigenvalue weighted by molar-refractivity contribution is 5.80. The van der Waals surface area contributed by atoms with Crippen LogP contribution in [0.25, 0.3) is 0 Å². The molecule has 5 nitrogen and oxygen atoms in total. The van der Waals surface area contributed by atoms with Gasteiger partial charge in [-0.15, -0.1) is 0 Å². The molecule has 3 rings (SSSR count). The molecule has 0 radical (unpaired) electrons. The van der Waals surface area contributed by atoms with E-state index < -0.39 is 0 Å². The fraction of sp³-hybridized carbons (Fsp3) is 0.733. The molecule has 0 aromatic carbocycles. The van der Waals surface area contributed by atoms with Gasteiger partial charge in [-0.05, 0) is 45.7 Å². The van der Waals surface area contributed by atoms with Crippen molar-refractivity contribution in [3.05, 3.63) is 18.2 Å².